The first-order valence-corrected chi connectivity index (χ1v) is 18.7. The molecular weight excluding hydrogens is 673 g/mol. The molecule has 0 spiro atoms. The molecule has 3 aliphatic heterocycles. The van der Waals surface area contributed by atoms with E-state index >= 15 is 4.39 Å². The van der Waals surface area contributed by atoms with Crippen molar-refractivity contribution >= 4 is 40.4 Å². The van der Waals surface area contributed by atoms with Gasteiger partial charge in [0.25, 0.3) is 0 Å². The minimum Gasteiger partial charge on any atom is -0.366 e. The SMILES string of the molecule is CC(C)(C)N1CCN(c2c(F)cccc2C2S[C@@H](CC(=O)N3CCC(n4c(=O)[nH]c5ncccc54)CC3)C(=O)N2CCc2ccc(F)cc2)CC1.[HH].[HH]. The number of anilines is 1. The fraction of sp³-hybridized carbons (Fsp3) is 0.474. The monoisotopic (exact) mass is 721 g/mol. The van der Waals surface area contributed by atoms with Crippen LogP contribution < -0.4 is 10.6 Å². The molecule has 274 valence electrons. The van der Waals surface area contributed by atoms with Crippen molar-refractivity contribution in [3.05, 3.63) is 94.0 Å². The van der Waals surface area contributed by atoms with Crippen molar-refractivity contribution in [2.75, 3.05) is 50.7 Å². The summed E-state index contributed by atoms with van der Waals surface area (Å²) >= 11 is 1.41. The number of carbonyl (C=O) groups excluding carboxylic acids is 2. The minimum atomic E-state index is -0.635. The standard InChI is InChI=1S/C38H45F2N7O3S.2H2/c1-38(2,3)45-22-20-44(21-23-45)33-28(6-4-7-29(33)40)36-46(19-13-25-9-11-26(39)12-10-25)35(49)31(51-36)24-32(48)43-17-14-27(15-18-43)47-30-8-5-16-41-34(30)42-37(47)50;;/h4-12,16,27,31,36H,13-15,17-24H2,1-3H3,(H,41,42,50);2*1H/t31-,36?;;/m0../s1. The number of halogens is 2. The highest BCUT2D eigenvalue weighted by Gasteiger charge is 2.44. The molecule has 0 aliphatic carbocycles. The Balaban J connectivity index is 0.00000271. The van der Waals surface area contributed by atoms with E-state index in [0.717, 1.165) is 29.7 Å². The molecule has 7 rings (SSSR count). The van der Waals surface area contributed by atoms with E-state index < -0.39 is 10.6 Å². The summed E-state index contributed by atoms with van der Waals surface area (Å²) in [5.74, 6) is -0.908. The number of aromatic amines is 1. The molecule has 0 radical (unpaired) electrons. The molecule has 3 aliphatic rings. The quantitative estimate of drug-likeness (QED) is 0.244. The highest BCUT2D eigenvalue weighted by atomic mass is 32.2. The van der Waals surface area contributed by atoms with E-state index in [0.29, 0.717) is 63.3 Å². The highest BCUT2D eigenvalue weighted by molar-refractivity contribution is 8.01. The second-order valence-electron chi connectivity index (χ2n) is 14.7. The molecule has 10 nitrogen and oxygen atoms in total. The summed E-state index contributed by atoms with van der Waals surface area (Å²) in [6, 6.07) is 14.9. The van der Waals surface area contributed by atoms with Crippen LogP contribution in [0.2, 0.25) is 0 Å². The first kappa shape index (κ1) is 35.2. The number of carbonyl (C=O) groups is 2. The van der Waals surface area contributed by atoms with Gasteiger partial charge in [-0.05, 0) is 75.9 Å². The molecule has 0 saturated carbocycles. The van der Waals surface area contributed by atoms with E-state index in [-0.39, 0.29) is 50.0 Å². The number of rotatable bonds is 8. The van der Waals surface area contributed by atoms with Crippen LogP contribution in [-0.4, -0.2) is 97.7 Å². The molecule has 3 fully saturated rings. The highest BCUT2D eigenvalue weighted by Crippen LogP contribution is 2.48. The van der Waals surface area contributed by atoms with Gasteiger partial charge in [0.05, 0.1) is 16.5 Å². The summed E-state index contributed by atoms with van der Waals surface area (Å²) in [5, 5.41) is -1.13. The number of nitrogens with zero attached hydrogens (tertiary/aromatic N) is 6. The molecule has 13 heteroatoms. The lowest BCUT2D eigenvalue weighted by molar-refractivity contribution is -0.136. The van der Waals surface area contributed by atoms with E-state index in [1.807, 2.05) is 12.1 Å². The molecule has 2 atom stereocenters. The summed E-state index contributed by atoms with van der Waals surface area (Å²) in [6.45, 7) is 10.7. The molecule has 51 heavy (non-hydrogen) atoms. The van der Waals surface area contributed by atoms with E-state index in [2.05, 4.69) is 40.5 Å². The summed E-state index contributed by atoms with van der Waals surface area (Å²) in [6.07, 6.45) is 3.39. The van der Waals surface area contributed by atoms with E-state index in [9.17, 15) is 18.8 Å². The first-order valence-electron chi connectivity index (χ1n) is 17.8. The number of thioether (sulfide) groups is 1. The Kier molecular flexibility index (Phi) is 9.95. The smallest absolute Gasteiger partial charge is 0.327 e. The van der Waals surface area contributed by atoms with Crippen molar-refractivity contribution < 1.29 is 21.2 Å². The molecule has 2 aromatic carbocycles. The number of imidazole rings is 1. The fourth-order valence-electron chi connectivity index (χ4n) is 7.74. The lowest BCUT2D eigenvalue weighted by Crippen LogP contribution is -2.53. The molecule has 4 aromatic rings. The maximum Gasteiger partial charge on any atom is 0.327 e. The lowest BCUT2D eigenvalue weighted by atomic mass is 10.0. The number of piperidine rings is 1. The number of likely N-dealkylation sites (tertiary alicyclic amines) is 1. The normalized spacial score (nSPS) is 20.9. The zero-order chi connectivity index (χ0) is 35.9. The van der Waals surface area contributed by atoms with Gasteiger partial charge >= 0.3 is 5.69 Å². The van der Waals surface area contributed by atoms with Crippen molar-refractivity contribution in [2.24, 2.45) is 0 Å². The Morgan fingerprint density at radius 3 is 2.39 bits per heavy atom. The second-order valence-corrected chi connectivity index (χ2v) is 16.0. The van der Waals surface area contributed by atoms with Gasteiger partial charge in [-0.2, -0.15) is 0 Å². The third kappa shape index (κ3) is 7.28. The summed E-state index contributed by atoms with van der Waals surface area (Å²) in [7, 11) is 0. The summed E-state index contributed by atoms with van der Waals surface area (Å²) in [4.78, 5) is 55.8. The Labute approximate surface area is 303 Å². The summed E-state index contributed by atoms with van der Waals surface area (Å²) < 4.78 is 31.2. The number of H-pyrrole nitrogens is 1. The van der Waals surface area contributed by atoms with Gasteiger partial charge in [0.15, 0.2) is 5.65 Å². The Bertz CT molecular complexity index is 1960. The number of aromatic nitrogens is 3. The zero-order valence-electron chi connectivity index (χ0n) is 29.4. The van der Waals surface area contributed by atoms with Crippen molar-refractivity contribution in [3.63, 3.8) is 0 Å². The number of hydrogen-bond acceptors (Lipinski definition) is 7. The van der Waals surface area contributed by atoms with E-state index in [1.54, 1.807) is 44.8 Å². The Morgan fingerprint density at radius 2 is 1.69 bits per heavy atom. The largest absolute Gasteiger partial charge is 0.366 e. The zero-order valence-corrected chi connectivity index (χ0v) is 30.2. The topological polar surface area (TPSA) is 97.8 Å². The van der Waals surface area contributed by atoms with Crippen LogP contribution in [0.15, 0.2) is 65.6 Å². The number of fused-ring (bicyclic) bond motifs is 1. The predicted molar refractivity (Wildman–Crippen MR) is 200 cm³/mol. The molecule has 0 bridgehead atoms. The number of benzene rings is 2. The van der Waals surface area contributed by atoms with Crippen LogP contribution in [0, 0.1) is 11.6 Å². The molecule has 5 heterocycles. The van der Waals surface area contributed by atoms with Crippen LogP contribution in [0.25, 0.3) is 11.2 Å². The first-order chi connectivity index (χ1) is 24.5. The van der Waals surface area contributed by atoms with Gasteiger partial charge in [0.2, 0.25) is 11.8 Å². The van der Waals surface area contributed by atoms with Crippen LogP contribution in [0.4, 0.5) is 14.5 Å². The van der Waals surface area contributed by atoms with Gasteiger partial charge in [-0.15, -0.1) is 11.8 Å². The van der Waals surface area contributed by atoms with Crippen LogP contribution in [0.5, 0.6) is 0 Å². The minimum absolute atomic E-state index is 0. The molecule has 2 amide bonds. The van der Waals surface area contributed by atoms with Crippen LogP contribution in [0.3, 0.4) is 0 Å². The summed E-state index contributed by atoms with van der Waals surface area (Å²) in [5.41, 5.74) is 3.23. The number of nitrogens with one attached hydrogen (secondary N) is 1. The third-order valence-electron chi connectivity index (χ3n) is 10.6. The Morgan fingerprint density at radius 1 is 0.961 bits per heavy atom. The maximum atomic E-state index is 15.8. The van der Waals surface area contributed by atoms with Crippen LogP contribution in [-0.2, 0) is 16.0 Å². The average Bonchev–Trinajstić information content (AvgIpc) is 3.62. The van der Waals surface area contributed by atoms with E-state index in [1.165, 1.54) is 30.0 Å². The van der Waals surface area contributed by atoms with Crippen molar-refractivity contribution in [1.29, 1.82) is 0 Å². The van der Waals surface area contributed by atoms with E-state index in [4.69, 9.17) is 0 Å². The Hall–Kier alpha value is -4.23. The lowest BCUT2D eigenvalue weighted by Gasteiger charge is -2.43. The van der Waals surface area contributed by atoms with Crippen molar-refractivity contribution in [3.8, 4) is 0 Å². The van der Waals surface area contributed by atoms with Gasteiger partial charge in [-0.1, -0.05) is 24.3 Å². The van der Waals surface area contributed by atoms with Crippen LogP contribution >= 0.6 is 11.8 Å². The molecule has 3 saturated heterocycles. The van der Waals surface area contributed by atoms with Gasteiger partial charge in [0.1, 0.15) is 17.0 Å². The van der Waals surface area contributed by atoms with Crippen molar-refractivity contribution in [2.45, 2.75) is 68.7 Å². The predicted octanol–water partition coefficient (Wildman–Crippen LogP) is 5.85. The van der Waals surface area contributed by atoms with Gasteiger partial charge in [-0.25, -0.2) is 18.6 Å². The number of para-hydroxylation sites is 1. The average molecular weight is 722 g/mol. The molecule has 2 aromatic heterocycles. The number of amides is 2. The van der Waals surface area contributed by atoms with Gasteiger partial charge in [-0.3, -0.25) is 24.0 Å². The second kappa shape index (κ2) is 14.4. The molecule has 1 N–H and O–H groups in total. The van der Waals surface area contributed by atoms with Gasteiger partial charge < -0.3 is 14.7 Å². The number of pyridine rings is 1. The van der Waals surface area contributed by atoms with Crippen LogP contribution in [0.1, 0.15) is 65.4 Å². The fourth-order valence-corrected chi connectivity index (χ4v) is 9.24. The van der Waals surface area contributed by atoms with Crippen molar-refractivity contribution in [1.82, 2.24) is 29.2 Å². The number of piperazine rings is 1. The molecular formula is C38H49F2N7O3S. The molecule has 1 unspecified atom stereocenters. The maximum absolute atomic E-state index is 15.8. The number of hydrogen-bond donors (Lipinski definition) is 1. The van der Waals surface area contributed by atoms with Gasteiger partial charge in [0, 0.05) is 78.4 Å². The third-order valence-corrected chi connectivity index (χ3v) is 12.0.